The highest BCUT2D eigenvalue weighted by molar-refractivity contribution is 5.93. The molecule has 2 aliphatic rings. The van der Waals surface area contributed by atoms with Gasteiger partial charge in [-0.2, -0.15) is 10.1 Å². The Balaban J connectivity index is 1.32. The van der Waals surface area contributed by atoms with Gasteiger partial charge in [-0.25, -0.2) is 9.31 Å². The van der Waals surface area contributed by atoms with Crippen molar-refractivity contribution in [3.05, 3.63) is 30.1 Å². The molecule has 186 valence electrons. The fourth-order valence-electron chi connectivity index (χ4n) is 4.92. The summed E-state index contributed by atoms with van der Waals surface area (Å²) in [5, 5.41) is 24.9. The molecule has 2 amide bonds. The van der Waals surface area contributed by atoms with Crippen molar-refractivity contribution in [1.82, 2.24) is 34.6 Å². The first kappa shape index (κ1) is 22.9. The lowest BCUT2D eigenvalue weighted by atomic mass is 10.0. The van der Waals surface area contributed by atoms with E-state index in [2.05, 4.69) is 20.6 Å². The van der Waals surface area contributed by atoms with Crippen molar-refractivity contribution in [1.29, 1.82) is 0 Å². The van der Waals surface area contributed by atoms with Crippen molar-refractivity contribution < 1.29 is 14.7 Å². The largest absolute Gasteiger partial charge is 0.465 e. The summed E-state index contributed by atoms with van der Waals surface area (Å²) < 4.78 is 1.77. The summed E-state index contributed by atoms with van der Waals surface area (Å²) in [7, 11) is 0. The minimum atomic E-state index is -1.05. The number of anilines is 3. The molecule has 3 aromatic heterocycles. The predicted molar refractivity (Wildman–Crippen MR) is 130 cm³/mol. The number of nitrogens with zero attached hydrogens (tertiary/aromatic N) is 7. The zero-order valence-electron chi connectivity index (χ0n) is 20.4. The average Bonchev–Trinajstić information content (AvgIpc) is 3.22. The number of hydrogen-bond donors (Lipinski definition) is 3. The maximum Gasteiger partial charge on any atom is 0.408 e. The second-order valence-corrected chi connectivity index (χ2v) is 10.3. The van der Waals surface area contributed by atoms with E-state index in [-0.39, 0.29) is 5.91 Å². The Morgan fingerprint density at radius 2 is 1.91 bits per heavy atom. The van der Waals surface area contributed by atoms with Gasteiger partial charge in [-0.1, -0.05) is 0 Å². The molecule has 35 heavy (non-hydrogen) atoms. The first-order chi connectivity index (χ1) is 16.6. The quantitative estimate of drug-likeness (QED) is 0.506. The van der Waals surface area contributed by atoms with E-state index in [1.807, 2.05) is 57.0 Å². The molecule has 5 rings (SSSR count). The van der Waals surface area contributed by atoms with Crippen molar-refractivity contribution in [3.63, 3.8) is 0 Å². The molecule has 12 heteroatoms. The molecular weight excluding hydrogens is 450 g/mol. The molecule has 0 unspecified atom stereocenters. The van der Waals surface area contributed by atoms with Gasteiger partial charge in [0.1, 0.15) is 11.1 Å². The van der Waals surface area contributed by atoms with Crippen molar-refractivity contribution >= 4 is 35.1 Å². The molecule has 0 radical (unpaired) electrons. The third-order valence-electron chi connectivity index (χ3n) is 6.59. The van der Waals surface area contributed by atoms with E-state index in [9.17, 15) is 14.7 Å². The highest BCUT2D eigenvalue weighted by atomic mass is 16.4. The number of H-pyrrole nitrogens is 1. The van der Waals surface area contributed by atoms with Crippen LogP contribution in [0.5, 0.6) is 0 Å². The minimum Gasteiger partial charge on any atom is -0.465 e. The molecule has 0 bridgehead atoms. The summed E-state index contributed by atoms with van der Waals surface area (Å²) in [6, 6.07) is 5.74. The molecule has 1 saturated heterocycles. The molecule has 1 aliphatic carbocycles. The molecule has 1 saturated carbocycles. The summed E-state index contributed by atoms with van der Waals surface area (Å²) in [5.74, 6) is 1.76. The van der Waals surface area contributed by atoms with Crippen LogP contribution in [0.4, 0.5) is 22.4 Å². The van der Waals surface area contributed by atoms with Gasteiger partial charge in [-0.3, -0.25) is 14.8 Å². The van der Waals surface area contributed by atoms with Gasteiger partial charge in [0.15, 0.2) is 11.6 Å². The normalized spacial score (nSPS) is 17.5. The molecule has 0 atom stereocenters. The van der Waals surface area contributed by atoms with Crippen LogP contribution in [0.1, 0.15) is 39.3 Å². The molecule has 12 nitrogen and oxygen atoms in total. The summed E-state index contributed by atoms with van der Waals surface area (Å²) in [6.45, 7) is 9.49. The fourth-order valence-corrected chi connectivity index (χ4v) is 4.92. The van der Waals surface area contributed by atoms with Crippen LogP contribution in [0.2, 0.25) is 0 Å². The van der Waals surface area contributed by atoms with E-state index in [4.69, 9.17) is 4.98 Å². The van der Waals surface area contributed by atoms with E-state index in [1.165, 1.54) is 4.90 Å². The third-order valence-corrected chi connectivity index (χ3v) is 6.59. The molecule has 2 fully saturated rings. The maximum atomic E-state index is 13.5. The van der Waals surface area contributed by atoms with Crippen molar-refractivity contribution in [2.45, 2.75) is 51.6 Å². The highest BCUT2D eigenvalue weighted by Crippen LogP contribution is 2.47. The maximum absolute atomic E-state index is 13.5. The Kier molecular flexibility index (Phi) is 5.33. The first-order valence-corrected chi connectivity index (χ1v) is 11.8. The van der Waals surface area contributed by atoms with Gasteiger partial charge in [0.25, 0.3) is 0 Å². The summed E-state index contributed by atoms with van der Waals surface area (Å²) >= 11 is 0. The van der Waals surface area contributed by atoms with Crippen LogP contribution in [0.3, 0.4) is 0 Å². The van der Waals surface area contributed by atoms with Crippen LogP contribution in [0, 0.1) is 6.92 Å². The van der Waals surface area contributed by atoms with Crippen LogP contribution in [-0.2, 0) is 4.79 Å². The minimum absolute atomic E-state index is 0.104. The Bertz CT molecular complexity index is 1260. The van der Waals surface area contributed by atoms with Crippen LogP contribution in [0.25, 0.3) is 5.52 Å². The Labute approximate surface area is 202 Å². The van der Waals surface area contributed by atoms with E-state index in [1.54, 1.807) is 9.42 Å². The van der Waals surface area contributed by atoms with E-state index in [0.29, 0.717) is 56.6 Å². The first-order valence-electron chi connectivity index (χ1n) is 11.8. The van der Waals surface area contributed by atoms with Crippen LogP contribution in [0.15, 0.2) is 24.4 Å². The van der Waals surface area contributed by atoms with Crippen molar-refractivity contribution in [2.75, 3.05) is 36.4 Å². The molecule has 0 aromatic carbocycles. The summed E-state index contributed by atoms with van der Waals surface area (Å²) in [6.07, 6.45) is 1.93. The lowest BCUT2D eigenvalue weighted by Crippen LogP contribution is -2.61. The SMILES string of the molecule is Cc1cc(Nc2nc(N3CCN(C(=O)C4(N(C(=O)O)C(C)(C)C)CC4)CC3)nn3cccc23)n[nH]1. The lowest BCUT2D eigenvalue weighted by Gasteiger charge is -2.43. The zero-order valence-corrected chi connectivity index (χ0v) is 20.4. The standard InChI is InChI=1S/C23H31N9O3/c1-15-14-17(27-26-15)24-18-16-6-5-9-31(16)28-20(25-18)30-12-10-29(11-13-30)19(33)23(7-8-23)32(21(34)35)22(2,3)4/h5-6,9,14H,7-8,10-13H2,1-4H3,(H,34,35)(H2,24,25,26,27,28). The number of fused-ring (bicyclic) bond motifs is 1. The van der Waals surface area contributed by atoms with Crippen LogP contribution < -0.4 is 10.2 Å². The fraction of sp³-hybridized carbons (Fsp3) is 0.522. The predicted octanol–water partition coefficient (Wildman–Crippen LogP) is 2.46. The second kappa shape index (κ2) is 8.14. The Morgan fingerprint density at radius 1 is 1.20 bits per heavy atom. The number of carbonyl (C=O) groups excluding carboxylic acids is 1. The monoisotopic (exact) mass is 481 g/mol. The van der Waals surface area contributed by atoms with Gasteiger partial charge in [-0.05, 0) is 52.7 Å². The number of carboxylic acid groups (broad SMARTS) is 1. The topological polar surface area (TPSA) is 135 Å². The number of aryl methyl sites for hydroxylation is 1. The smallest absolute Gasteiger partial charge is 0.408 e. The number of aromatic amines is 1. The zero-order chi connectivity index (χ0) is 25.0. The van der Waals surface area contributed by atoms with Gasteiger partial charge < -0.3 is 20.2 Å². The van der Waals surface area contributed by atoms with E-state index < -0.39 is 17.2 Å². The average molecular weight is 482 g/mol. The number of carbonyl (C=O) groups is 2. The molecular formula is C23H31N9O3. The van der Waals surface area contributed by atoms with Gasteiger partial charge in [0, 0.05) is 49.7 Å². The molecule has 1 aliphatic heterocycles. The number of nitrogens with one attached hydrogen (secondary N) is 2. The molecule has 3 N–H and O–H groups in total. The summed E-state index contributed by atoms with van der Waals surface area (Å²) in [5.41, 5.74) is 0.159. The van der Waals surface area contributed by atoms with Gasteiger partial charge >= 0.3 is 6.09 Å². The molecule has 0 spiro atoms. The Hall–Kier alpha value is -3.83. The van der Waals surface area contributed by atoms with Gasteiger partial charge in [-0.15, -0.1) is 5.10 Å². The highest BCUT2D eigenvalue weighted by Gasteiger charge is 2.61. The van der Waals surface area contributed by atoms with Gasteiger partial charge in [0.2, 0.25) is 11.9 Å². The van der Waals surface area contributed by atoms with E-state index >= 15 is 0 Å². The van der Waals surface area contributed by atoms with E-state index in [0.717, 1.165) is 11.2 Å². The lowest BCUT2D eigenvalue weighted by molar-refractivity contribution is -0.140. The second-order valence-electron chi connectivity index (χ2n) is 10.3. The number of aromatic nitrogens is 5. The number of rotatable bonds is 5. The van der Waals surface area contributed by atoms with Crippen LogP contribution >= 0.6 is 0 Å². The molecule has 4 heterocycles. The van der Waals surface area contributed by atoms with Gasteiger partial charge in [0.05, 0.1) is 0 Å². The number of amides is 2. The molecule has 3 aromatic rings. The van der Waals surface area contributed by atoms with Crippen molar-refractivity contribution in [2.24, 2.45) is 0 Å². The third kappa shape index (κ3) is 4.13. The Morgan fingerprint density at radius 3 is 2.49 bits per heavy atom. The number of hydrogen-bond acceptors (Lipinski definition) is 7. The van der Waals surface area contributed by atoms with Crippen molar-refractivity contribution in [3.8, 4) is 0 Å². The summed E-state index contributed by atoms with van der Waals surface area (Å²) in [4.78, 5) is 35.4. The number of piperazine rings is 1. The van der Waals surface area contributed by atoms with Crippen LogP contribution in [-0.4, -0.2) is 89.0 Å².